The highest BCUT2D eigenvalue weighted by molar-refractivity contribution is 5.95. The first kappa shape index (κ1) is 64.5. The molecule has 1 aliphatic heterocycles. The topological polar surface area (TPSA) is 71.1 Å². The van der Waals surface area contributed by atoms with Gasteiger partial charge >= 0.3 is 11.9 Å². The highest BCUT2D eigenvalue weighted by Gasteiger charge is 2.33. The maximum atomic E-state index is 14.4. The fourth-order valence-electron chi connectivity index (χ4n) is 9.52. The van der Waals surface area contributed by atoms with Crippen LogP contribution in [-0.2, 0) is 28.5 Å². The van der Waals surface area contributed by atoms with Crippen LogP contribution in [0.5, 0.6) is 0 Å². The van der Waals surface area contributed by atoms with Crippen molar-refractivity contribution in [1.82, 2.24) is 0 Å². The molecule has 1 aliphatic rings. The van der Waals surface area contributed by atoms with Gasteiger partial charge in [0.05, 0.1) is 12.9 Å². The van der Waals surface area contributed by atoms with Crippen molar-refractivity contribution in [2.45, 2.75) is 329 Å². The van der Waals surface area contributed by atoms with E-state index in [1.807, 2.05) is 6.08 Å². The largest absolute Gasteiger partial charge is 0.494 e. The van der Waals surface area contributed by atoms with E-state index in [1.54, 1.807) is 6.26 Å². The molecule has 6 nitrogen and oxygen atoms in total. The summed E-state index contributed by atoms with van der Waals surface area (Å²) in [5.74, 6) is 0.0219. The fraction of sp³-hybridized carbons (Fsp3) is 0.841. The summed E-state index contributed by atoms with van der Waals surface area (Å²) < 4.78 is 25.3. The highest BCUT2D eigenvalue weighted by atomic mass is 16.6. The van der Waals surface area contributed by atoms with Crippen molar-refractivity contribution in [3.63, 3.8) is 0 Å². The van der Waals surface area contributed by atoms with Crippen molar-refractivity contribution in [2.24, 2.45) is 5.92 Å². The molecule has 0 saturated carbocycles. The third kappa shape index (κ3) is 39.8. The second-order valence-electron chi connectivity index (χ2n) is 20.8. The zero-order valence-corrected chi connectivity index (χ0v) is 46.5. The van der Waals surface area contributed by atoms with Gasteiger partial charge in [-0.05, 0) is 109 Å². The van der Waals surface area contributed by atoms with E-state index < -0.39 is 5.92 Å². The Morgan fingerprint density at radius 3 is 1.26 bits per heavy atom. The first-order chi connectivity index (χ1) is 34.0. The SMILES string of the molecule is CCCCC/C=C\C/C=C\CCCCCCCCOC(CCCC(C(=O)OC(CCCCCCCC)CCCCCCCC)C(=O)OC(CCCCCCCC)CCCCCCCC)=C1CC=CO1. The van der Waals surface area contributed by atoms with Crippen molar-refractivity contribution in [3.05, 3.63) is 48.2 Å². The zero-order chi connectivity index (χ0) is 49.9. The van der Waals surface area contributed by atoms with E-state index in [-0.39, 0.29) is 24.1 Å². The Morgan fingerprint density at radius 2 is 0.841 bits per heavy atom. The number of ether oxygens (including phenoxy) is 4. The van der Waals surface area contributed by atoms with E-state index in [4.69, 9.17) is 18.9 Å². The molecule has 402 valence electrons. The molecule has 0 radical (unpaired) electrons. The third-order valence-electron chi connectivity index (χ3n) is 14.1. The van der Waals surface area contributed by atoms with Gasteiger partial charge < -0.3 is 18.9 Å². The molecule has 1 heterocycles. The van der Waals surface area contributed by atoms with Gasteiger partial charge in [0.1, 0.15) is 23.7 Å². The van der Waals surface area contributed by atoms with Gasteiger partial charge in [0, 0.05) is 12.8 Å². The van der Waals surface area contributed by atoms with Gasteiger partial charge in [-0.15, -0.1) is 0 Å². The Labute approximate surface area is 428 Å². The van der Waals surface area contributed by atoms with Crippen molar-refractivity contribution in [3.8, 4) is 0 Å². The first-order valence-electron chi connectivity index (χ1n) is 30.4. The molecule has 0 saturated heterocycles. The molecule has 0 fully saturated rings. The van der Waals surface area contributed by atoms with Crippen LogP contribution in [0.25, 0.3) is 0 Å². The van der Waals surface area contributed by atoms with Crippen molar-refractivity contribution in [2.75, 3.05) is 6.61 Å². The van der Waals surface area contributed by atoms with Crippen LogP contribution in [0.2, 0.25) is 0 Å². The van der Waals surface area contributed by atoms with Gasteiger partial charge in [-0.3, -0.25) is 9.59 Å². The average molecular weight is 968 g/mol. The predicted molar refractivity (Wildman–Crippen MR) is 296 cm³/mol. The number of hydrogen-bond acceptors (Lipinski definition) is 6. The van der Waals surface area contributed by atoms with E-state index in [1.165, 1.54) is 186 Å². The van der Waals surface area contributed by atoms with Gasteiger partial charge in [0.15, 0.2) is 5.92 Å². The van der Waals surface area contributed by atoms with E-state index >= 15 is 0 Å². The van der Waals surface area contributed by atoms with E-state index in [0.717, 1.165) is 82.1 Å². The summed E-state index contributed by atoms with van der Waals surface area (Å²) >= 11 is 0. The molecule has 0 amide bonds. The molecule has 0 atom stereocenters. The van der Waals surface area contributed by atoms with E-state index in [9.17, 15) is 9.59 Å². The number of unbranched alkanes of at least 4 members (excludes halogenated alkanes) is 29. The van der Waals surface area contributed by atoms with Crippen LogP contribution in [-0.4, -0.2) is 30.8 Å². The molecule has 0 aliphatic carbocycles. The van der Waals surface area contributed by atoms with Crippen molar-refractivity contribution >= 4 is 11.9 Å². The Balaban J connectivity index is 2.98. The number of allylic oxidation sites excluding steroid dienone is 6. The molecule has 0 aromatic rings. The standard InChI is InChI=1S/C63H114O6/c1-6-11-16-21-26-27-28-29-30-31-32-33-34-35-40-45-55-66-60(61-54-47-56-67-61)53-46-52-59(62(64)68-57(48-41-36-22-17-12-7-2)49-42-37-23-18-13-8-3)63(65)69-58(50-43-38-24-19-14-9-4)51-44-39-25-20-15-10-5/h26-27,29-30,47,56-59H,6-25,28,31-46,48-55H2,1-5H3/b27-26-,30-29-,61-60?. The summed E-state index contributed by atoms with van der Waals surface area (Å²) in [7, 11) is 0. The summed E-state index contributed by atoms with van der Waals surface area (Å²) in [5, 5.41) is 0. The van der Waals surface area contributed by atoms with Gasteiger partial charge in [-0.2, -0.15) is 0 Å². The number of carbonyl (C=O) groups excluding carboxylic acids is 2. The first-order valence-corrected chi connectivity index (χ1v) is 30.4. The quantitative estimate of drug-likeness (QED) is 0.0199. The average Bonchev–Trinajstić information content (AvgIpc) is 3.90. The van der Waals surface area contributed by atoms with Gasteiger partial charge in [-0.1, -0.05) is 226 Å². The maximum absolute atomic E-state index is 14.4. The lowest BCUT2D eigenvalue weighted by Crippen LogP contribution is -2.33. The molecule has 6 heteroatoms. The second-order valence-corrected chi connectivity index (χ2v) is 20.8. The van der Waals surface area contributed by atoms with Crippen LogP contribution in [0.3, 0.4) is 0 Å². The monoisotopic (exact) mass is 967 g/mol. The van der Waals surface area contributed by atoms with Crippen LogP contribution in [0.15, 0.2) is 48.2 Å². The van der Waals surface area contributed by atoms with Crippen LogP contribution < -0.4 is 0 Å². The summed E-state index contributed by atoms with van der Waals surface area (Å²) in [6.07, 6.45) is 62.1. The Bertz CT molecular complexity index is 1170. The molecule has 1 rings (SSSR count). The lowest BCUT2D eigenvalue weighted by molar-refractivity contribution is -0.169. The van der Waals surface area contributed by atoms with Gasteiger partial charge in [0.25, 0.3) is 0 Å². The number of esters is 2. The highest BCUT2D eigenvalue weighted by Crippen LogP contribution is 2.28. The summed E-state index contributed by atoms with van der Waals surface area (Å²) in [6.45, 7) is 11.9. The molecule has 69 heavy (non-hydrogen) atoms. The zero-order valence-electron chi connectivity index (χ0n) is 46.5. The molecule has 0 aromatic carbocycles. The third-order valence-corrected chi connectivity index (χ3v) is 14.1. The lowest BCUT2D eigenvalue weighted by atomic mass is 9.99. The smallest absolute Gasteiger partial charge is 0.320 e. The fourth-order valence-corrected chi connectivity index (χ4v) is 9.52. The lowest BCUT2D eigenvalue weighted by Gasteiger charge is -2.24. The van der Waals surface area contributed by atoms with Crippen molar-refractivity contribution < 1.29 is 28.5 Å². The Morgan fingerprint density at radius 1 is 0.464 bits per heavy atom. The molecule has 0 bridgehead atoms. The summed E-state index contributed by atoms with van der Waals surface area (Å²) in [6, 6.07) is 0. The predicted octanol–water partition coefficient (Wildman–Crippen LogP) is 20.6. The molecule has 0 N–H and O–H groups in total. The number of carbonyl (C=O) groups is 2. The minimum Gasteiger partial charge on any atom is -0.494 e. The van der Waals surface area contributed by atoms with Crippen LogP contribution in [0.4, 0.5) is 0 Å². The normalized spacial score (nSPS) is 13.5. The van der Waals surface area contributed by atoms with Gasteiger partial charge in [0.2, 0.25) is 0 Å². The number of hydrogen-bond donors (Lipinski definition) is 0. The van der Waals surface area contributed by atoms with E-state index in [2.05, 4.69) is 58.9 Å². The maximum Gasteiger partial charge on any atom is 0.320 e. The Kier molecular flexibility index (Phi) is 47.2. The van der Waals surface area contributed by atoms with Crippen LogP contribution >= 0.6 is 0 Å². The molecule has 0 aromatic heterocycles. The minimum absolute atomic E-state index is 0.152. The molecule has 0 unspecified atom stereocenters. The van der Waals surface area contributed by atoms with Crippen LogP contribution in [0, 0.1) is 5.92 Å². The number of rotatable bonds is 52. The molecule has 0 spiro atoms. The van der Waals surface area contributed by atoms with Gasteiger partial charge in [-0.25, -0.2) is 0 Å². The van der Waals surface area contributed by atoms with Crippen LogP contribution in [0.1, 0.15) is 317 Å². The Hall–Kier alpha value is -2.50. The molecular weight excluding hydrogens is 853 g/mol. The summed E-state index contributed by atoms with van der Waals surface area (Å²) in [5.41, 5.74) is 0. The molecular formula is C63H114O6. The summed E-state index contributed by atoms with van der Waals surface area (Å²) in [4.78, 5) is 28.8. The minimum atomic E-state index is -0.931. The van der Waals surface area contributed by atoms with Crippen molar-refractivity contribution in [1.29, 1.82) is 0 Å². The van der Waals surface area contributed by atoms with E-state index in [0.29, 0.717) is 32.3 Å². The second kappa shape index (κ2) is 50.4.